The molecular weight excluding hydrogens is 525 g/mol. The van der Waals surface area contributed by atoms with E-state index in [0.29, 0.717) is 5.39 Å². The summed E-state index contributed by atoms with van der Waals surface area (Å²) in [5, 5.41) is 38.0. The summed E-state index contributed by atoms with van der Waals surface area (Å²) in [4.78, 5) is 27.3. The van der Waals surface area contributed by atoms with Gasteiger partial charge in [0.05, 0.1) is 41.6 Å². The topological polar surface area (TPSA) is 198 Å². The largest absolute Gasteiger partial charge is 0.380 e. The summed E-state index contributed by atoms with van der Waals surface area (Å²) >= 11 is 6.20. The number of carbonyl (C=O) groups is 2. The number of nitrogen functional groups attached to an aromatic ring is 1. The van der Waals surface area contributed by atoms with E-state index >= 15 is 0 Å². The summed E-state index contributed by atoms with van der Waals surface area (Å²) in [5.74, 6) is -3.07. The number of amides is 2. The van der Waals surface area contributed by atoms with Gasteiger partial charge in [-0.1, -0.05) is 16.8 Å². The number of morpholine rings is 1. The molecule has 4 N–H and O–H groups in total. The van der Waals surface area contributed by atoms with Crippen molar-refractivity contribution in [3.63, 3.8) is 0 Å². The van der Waals surface area contributed by atoms with Gasteiger partial charge in [0.1, 0.15) is 6.07 Å². The lowest BCUT2D eigenvalue weighted by Crippen LogP contribution is -2.61. The van der Waals surface area contributed by atoms with E-state index in [1.54, 1.807) is 0 Å². The third-order valence-electron chi connectivity index (χ3n) is 5.80. The van der Waals surface area contributed by atoms with E-state index in [9.17, 15) is 19.1 Å². The Hall–Kier alpha value is -4.65. The Morgan fingerprint density at radius 2 is 2.21 bits per heavy atom. The van der Waals surface area contributed by atoms with Gasteiger partial charge >= 0.3 is 0 Å². The van der Waals surface area contributed by atoms with Crippen molar-refractivity contribution in [1.82, 2.24) is 25.1 Å². The molecule has 194 valence electrons. The van der Waals surface area contributed by atoms with Gasteiger partial charge in [0.25, 0.3) is 11.8 Å². The van der Waals surface area contributed by atoms with Crippen molar-refractivity contribution in [3.8, 4) is 11.8 Å². The number of nitrogens with two attached hydrogens (primary N) is 1. The summed E-state index contributed by atoms with van der Waals surface area (Å²) in [6.45, 7) is 0.858. The molecule has 2 amide bonds. The third kappa shape index (κ3) is 4.26. The van der Waals surface area contributed by atoms with Crippen molar-refractivity contribution in [1.29, 1.82) is 5.26 Å². The second-order valence-electron chi connectivity index (χ2n) is 8.40. The molecule has 0 bridgehead atoms. The van der Waals surface area contributed by atoms with Crippen molar-refractivity contribution in [3.05, 3.63) is 47.1 Å². The van der Waals surface area contributed by atoms with Gasteiger partial charge in [-0.2, -0.15) is 10.4 Å². The SMILES string of the molecule is C[C@](O)(C(=O)Nc1cc(Cl)c2c(N)noc2c1)[C@H]1OCCN(c2nn(-c3cnnc(C#N)c3)cc2F)C1=O. The van der Waals surface area contributed by atoms with Crippen LogP contribution in [0, 0.1) is 17.1 Å². The van der Waals surface area contributed by atoms with Crippen LogP contribution < -0.4 is 16.0 Å². The number of fused-ring (bicyclic) bond motifs is 1. The fraction of sp³-hybridized carbons (Fsp3) is 0.227. The number of aromatic nitrogens is 5. The lowest BCUT2D eigenvalue weighted by Gasteiger charge is -2.37. The molecule has 5 rings (SSSR count). The van der Waals surface area contributed by atoms with Crippen LogP contribution in [0.3, 0.4) is 0 Å². The van der Waals surface area contributed by atoms with E-state index in [1.165, 1.54) is 24.4 Å². The maximum absolute atomic E-state index is 14.9. The fourth-order valence-electron chi connectivity index (χ4n) is 3.89. The maximum Gasteiger partial charge on any atom is 0.261 e. The van der Waals surface area contributed by atoms with E-state index in [-0.39, 0.29) is 52.5 Å². The van der Waals surface area contributed by atoms with Crippen molar-refractivity contribution in [2.75, 3.05) is 29.1 Å². The quantitative estimate of drug-likeness (QED) is 0.327. The molecular formula is C22H17ClFN9O5. The first-order valence-corrected chi connectivity index (χ1v) is 11.3. The molecule has 0 unspecified atom stereocenters. The number of halogens is 2. The molecule has 16 heteroatoms. The number of carbonyl (C=O) groups excluding carboxylic acids is 2. The summed E-state index contributed by atoms with van der Waals surface area (Å²) in [7, 11) is 0. The molecule has 1 aliphatic heterocycles. The second-order valence-corrected chi connectivity index (χ2v) is 8.80. The van der Waals surface area contributed by atoms with Gasteiger partial charge in [0.2, 0.25) is 0 Å². The lowest BCUT2D eigenvalue weighted by molar-refractivity contribution is -0.165. The molecule has 1 aromatic carbocycles. The van der Waals surface area contributed by atoms with Crippen LogP contribution in [0.25, 0.3) is 16.7 Å². The molecule has 4 aromatic rings. The molecule has 0 radical (unpaired) electrons. The van der Waals surface area contributed by atoms with Gasteiger partial charge in [0, 0.05) is 17.8 Å². The number of ether oxygens (including phenoxy) is 1. The summed E-state index contributed by atoms with van der Waals surface area (Å²) in [5.41, 5.74) is 3.85. The molecule has 1 saturated heterocycles. The summed E-state index contributed by atoms with van der Waals surface area (Å²) in [6, 6.07) is 5.91. The van der Waals surface area contributed by atoms with Gasteiger partial charge in [-0.15, -0.1) is 10.2 Å². The van der Waals surface area contributed by atoms with Gasteiger partial charge in [0.15, 0.2) is 40.4 Å². The average molecular weight is 542 g/mol. The highest BCUT2D eigenvalue weighted by Gasteiger charge is 2.49. The number of nitrogens with one attached hydrogen (secondary N) is 1. The number of benzene rings is 1. The predicted octanol–water partition coefficient (Wildman–Crippen LogP) is 1.17. The molecule has 1 aliphatic rings. The number of anilines is 3. The van der Waals surface area contributed by atoms with Gasteiger partial charge in [-0.25, -0.2) is 9.07 Å². The Bertz CT molecular complexity index is 1630. The van der Waals surface area contributed by atoms with Crippen molar-refractivity contribution < 1.29 is 28.3 Å². The van der Waals surface area contributed by atoms with Crippen LogP contribution >= 0.6 is 11.6 Å². The Balaban J connectivity index is 1.38. The first-order chi connectivity index (χ1) is 18.1. The van der Waals surface area contributed by atoms with Gasteiger partial charge < -0.3 is 25.4 Å². The number of hydrogen-bond acceptors (Lipinski definition) is 11. The molecule has 3 aromatic heterocycles. The Morgan fingerprint density at radius 1 is 1.42 bits per heavy atom. The van der Waals surface area contributed by atoms with E-state index < -0.39 is 29.3 Å². The van der Waals surface area contributed by atoms with E-state index in [4.69, 9.17) is 31.9 Å². The third-order valence-corrected chi connectivity index (χ3v) is 6.10. The van der Waals surface area contributed by atoms with Crippen molar-refractivity contribution in [2.45, 2.75) is 18.6 Å². The summed E-state index contributed by atoms with van der Waals surface area (Å²) in [6.07, 6.45) is 0.549. The molecule has 0 spiro atoms. The zero-order valence-corrected chi connectivity index (χ0v) is 20.2. The number of hydrogen-bond donors (Lipinski definition) is 3. The molecule has 14 nitrogen and oxygen atoms in total. The van der Waals surface area contributed by atoms with E-state index in [2.05, 4.69) is 25.8 Å². The van der Waals surface area contributed by atoms with Crippen LogP contribution in [0.4, 0.5) is 21.7 Å². The number of rotatable bonds is 5. The van der Waals surface area contributed by atoms with Crippen LogP contribution in [-0.2, 0) is 14.3 Å². The predicted molar refractivity (Wildman–Crippen MR) is 129 cm³/mol. The fourth-order valence-corrected chi connectivity index (χ4v) is 4.20. The maximum atomic E-state index is 14.9. The summed E-state index contributed by atoms with van der Waals surface area (Å²) < 4.78 is 26.5. The van der Waals surface area contributed by atoms with Gasteiger partial charge in [-0.05, 0) is 13.0 Å². The zero-order valence-electron chi connectivity index (χ0n) is 19.4. The van der Waals surface area contributed by atoms with Crippen LogP contribution in [0.15, 0.2) is 35.1 Å². The van der Waals surface area contributed by atoms with Crippen LogP contribution in [-0.4, -0.2) is 66.9 Å². The molecule has 38 heavy (non-hydrogen) atoms. The highest BCUT2D eigenvalue weighted by Crippen LogP contribution is 2.33. The zero-order chi connectivity index (χ0) is 27.2. The first-order valence-electron chi connectivity index (χ1n) is 10.9. The minimum atomic E-state index is -2.40. The van der Waals surface area contributed by atoms with Crippen LogP contribution in [0.1, 0.15) is 12.6 Å². The highest BCUT2D eigenvalue weighted by atomic mass is 35.5. The Morgan fingerprint density at radius 3 is 2.97 bits per heavy atom. The smallest absolute Gasteiger partial charge is 0.261 e. The average Bonchev–Trinajstić information content (AvgIpc) is 3.46. The standard InChI is InChI=1S/C22H17ClFN9O5/c1-22(36,21(35)28-10-5-13(23)16-15(6-10)38-31-18(16)26)17-20(34)32(2-3-37-17)19-14(24)9-33(30-19)12-4-11(7-25)29-27-8-12/h4-6,8-9,17,36H,2-3H2,1H3,(H2,26,31)(H,28,35)/t17-,22+/m0/s1. The molecule has 0 saturated carbocycles. The number of aliphatic hydroxyl groups is 1. The van der Waals surface area contributed by atoms with Crippen LogP contribution in [0.2, 0.25) is 5.02 Å². The van der Waals surface area contributed by atoms with Crippen molar-refractivity contribution in [2.24, 2.45) is 0 Å². The van der Waals surface area contributed by atoms with Gasteiger partial charge in [-0.3, -0.25) is 14.5 Å². The normalized spacial score (nSPS) is 17.3. The highest BCUT2D eigenvalue weighted by molar-refractivity contribution is 6.36. The molecule has 0 aliphatic carbocycles. The number of nitriles is 1. The first kappa shape index (κ1) is 25.0. The minimum absolute atomic E-state index is 0.0169. The Labute approximate surface area is 217 Å². The van der Waals surface area contributed by atoms with E-state index in [1.807, 2.05) is 6.07 Å². The Kier molecular flexibility index (Phi) is 6.15. The molecule has 2 atom stereocenters. The second kappa shape index (κ2) is 9.34. The molecule has 4 heterocycles. The minimum Gasteiger partial charge on any atom is -0.380 e. The lowest BCUT2D eigenvalue weighted by atomic mass is 9.95. The van der Waals surface area contributed by atoms with Crippen LogP contribution in [0.5, 0.6) is 0 Å². The monoisotopic (exact) mass is 541 g/mol. The van der Waals surface area contributed by atoms with E-state index in [0.717, 1.165) is 22.7 Å². The molecule has 1 fully saturated rings. The number of nitrogens with zero attached hydrogens (tertiary/aromatic N) is 7. The van der Waals surface area contributed by atoms with Crippen molar-refractivity contribution >= 4 is 51.7 Å².